The largest absolute Gasteiger partial charge is 0.306 e. The van der Waals surface area contributed by atoms with Gasteiger partial charge in [-0.1, -0.05) is 69.1 Å². The summed E-state index contributed by atoms with van der Waals surface area (Å²) in [6, 6.07) is 15.1. The molecule has 2 aromatic rings. The molecule has 2 aromatic carbocycles. The molecule has 1 unspecified atom stereocenters. The molecule has 0 saturated carbocycles. The highest BCUT2D eigenvalue weighted by atomic mass is 79.9. The van der Waals surface area contributed by atoms with Gasteiger partial charge in [-0.25, -0.2) is 0 Å². The third-order valence-corrected chi connectivity index (χ3v) is 4.76. The fraction of sp³-hybridized carbons (Fsp3) is 0.250. The van der Waals surface area contributed by atoms with Crippen molar-refractivity contribution in [3.8, 4) is 0 Å². The van der Waals surface area contributed by atoms with Crippen molar-refractivity contribution in [2.24, 2.45) is 0 Å². The van der Waals surface area contributed by atoms with Crippen molar-refractivity contribution in [1.82, 2.24) is 5.32 Å². The first-order chi connectivity index (χ1) is 9.13. The van der Waals surface area contributed by atoms with Gasteiger partial charge in [-0.2, -0.15) is 0 Å². The van der Waals surface area contributed by atoms with E-state index < -0.39 is 0 Å². The molecule has 0 radical (unpaired) electrons. The van der Waals surface area contributed by atoms with Gasteiger partial charge in [0.2, 0.25) is 0 Å². The quantitative estimate of drug-likeness (QED) is 0.764. The van der Waals surface area contributed by atoms with E-state index in [0.717, 1.165) is 11.0 Å². The van der Waals surface area contributed by atoms with Gasteiger partial charge in [0.15, 0.2) is 0 Å². The summed E-state index contributed by atoms with van der Waals surface area (Å²) in [5, 5.41) is 3.56. The second kappa shape index (κ2) is 6.69. The molecule has 19 heavy (non-hydrogen) atoms. The van der Waals surface area contributed by atoms with E-state index >= 15 is 0 Å². The molecule has 2 rings (SSSR count). The Morgan fingerprint density at radius 2 is 1.74 bits per heavy atom. The van der Waals surface area contributed by atoms with E-state index in [9.17, 15) is 0 Å². The molecule has 0 bridgehead atoms. The second-order valence-corrected chi connectivity index (χ2v) is 6.23. The van der Waals surface area contributed by atoms with Crippen LogP contribution in [-0.4, -0.2) is 6.54 Å². The van der Waals surface area contributed by atoms with Gasteiger partial charge in [0, 0.05) is 8.95 Å². The summed E-state index contributed by atoms with van der Waals surface area (Å²) in [5.41, 5.74) is 3.82. The smallest absolute Gasteiger partial charge is 0.0587 e. The van der Waals surface area contributed by atoms with Crippen LogP contribution in [0.3, 0.4) is 0 Å². The van der Waals surface area contributed by atoms with Crippen molar-refractivity contribution in [1.29, 1.82) is 0 Å². The monoisotopic (exact) mass is 381 g/mol. The highest BCUT2D eigenvalue weighted by Gasteiger charge is 2.16. The van der Waals surface area contributed by atoms with E-state index in [1.165, 1.54) is 21.2 Å². The summed E-state index contributed by atoms with van der Waals surface area (Å²) in [5.74, 6) is 0. The summed E-state index contributed by atoms with van der Waals surface area (Å²) < 4.78 is 2.29. The molecule has 0 aromatic heterocycles. The molecule has 1 N–H and O–H groups in total. The van der Waals surface area contributed by atoms with E-state index in [2.05, 4.69) is 93.5 Å². The molecular formula is C16H17Br2N. The van der Waals surface area contributed by atoms with Crippen LogP contribution in [0.5, 0.6) is 0 Å². The lowest BCUT2D eigenvalue weighted by atomic mass is 9.97. The molecule has 0 aliphatic rings. The van der Waals surface area contributed by atoms with Gasteiger partial charge in [0.1, 0.15) is 0 Å². The molecule has 0 saturated heterocycles. The van der Waals surface area contributed by atoms with Crippen LogP contribution in [0.2, 0.25) is 0 Å². The van der Waals surface area contributed by atoms with Gasteiger partial charge in [-0.15, -0.1) is 0 Å². The highest BCUT2D eigenvalue weighted by molar-refractivity contribution is 9.10. The zero-order valence-electron chi connectivity index (χ0n) is 11.1. The first-order valence-electron chi connectivity index (χ1n) is 6.37. The van der Waals surface area contributed by atoms with Gasteiger partial charge in [0.05, 0.1) is 6.04 Å². The van der Waals surface area contributed by atoms with Crippen LogP contribution in [0, 0.1) is 6.92 Å². The van der Waals surface area contributed by atoms with Crippen LogP contribution < -0.4 is 5.32 Å². The van der Waals surface area contributed by atoms with E-state index in [1.54, 1.807) is 0 Å². The van der Waals surface area contributed by atoms with Gasteiger partial charge in [-0.05, 0) is 42.3 Å². The minimum absolute atomic E-state index is 0.215. The number of hydrogen-bond donors (Lipinski definition) is 1. The first-order valence-corrected chi connectivity index (χ1v) is 7.96. The molecule has 1 atom stereocenters. The van der Waals surface area contributed by atoms with Gasteiger partial charge in [0.25, 0.3) is 0 Å². The van der Waals surface area contributed by atoms with Crippen LogP contribution in [0.15, 0.2) is 51.4 Å². The second-order valence-electron chi connectivity index (χ2n) is 4.52. The van der Waals surface area contributed by atoms with Crippen LogP contribution in [-0.2, 0) is 0 Å². The molecule has 0 fully saturated rings. The normalized spacial score (nSPS) is 12.4. The number of halogens is 2. The van der Waals surface area contributed by atoms with Crippen LogP contribution >= 0.6 is 31.9 Å². The predicted octanol–water partition coefficient (Wildman–Crippen LogP) is 5.22. The summed E-state index contributed by atoms with van der Waals surface area (Å²) in [7, 11) is 0. The fourth-order valence-electron chi connectivity index (χ4n) is 2.16. The fourth-order valence-corrected chi connectivity index (χ4v) is 2.92. The predicted molar refractivity (Wildman–Crippen MR) is 88.5 cm³/mol. The molecule has 0 aliphatic carbocycles. The third kappa shape index (κ3) is 3.47. The standard InChI is InChI=1S/C16H17Br2N/c1-3-19-16(12-7-9-13(17)10-8-12)14-6-4-5-11(2)15(14)18/h4-10,16,19H,3H2,1-2H3. The summed E-state index contributed by atoms with van der Waals surface area (Å²) in [4.78, 5) is 0. The summed E-state index contributed by atoms with van der Waals surface area (Å²) in [6.07, 6.45) is 0. The van der Waals surface area contributed by atoms with Crippen molar-refractivity contribution in [3.05, 3.63) is 68.1 Å². The average molecular weight is 383 g/mol. The Kier molecular flexibility index (Phi) is 5.20. The molecule has 1 nitrogen and oxygen atoms in total. The van der Waals surface area contributed by atoms with Gasteiger partial charge >= 0.3 is 0 Å². The number of aryl methyl sites for hydroxylation is 1. The third-order valence-electron chi connectivity index (χ3n) is 3.14. The molecule has 3 heteroatoms. The Bertz CT molecular complexity index is 549. The maximum absolute atomic E-state index is 3.71. The topological polar surface area (TPSA) is 12.0 Å². The minimum atomic E-state index is 0.215. The van der Waals surface area contributed by atoms with Crippen molar-refractivity contribution in [2.75, 3.05) is 6.54 Å². The number of hydrogen-bond acceptors (Lipinski definition) is 1. The van der Waals surface area contributed by atoms with Crippen molar-refractivity contribution >= 4 is 31.9 Å². The first kappa shape index (κ1) is 14.8. The maximum Gasteiger partial charge on any atom is 0.0587 e. The van der Waals surface area contributed by atoms with Crippen LogP contribution in [0.25, 0.3) is 0 Å². The molecule has 100 valence electrons. The lowest BCUT2D eigenvalue weighted by Gasteiger charge is -2.21. The van der Waals surface area contributed by atoms with Gasteiger partial charge in [-0.3, -0.25) is 0 Å². The Morgan fingerprint density at radius 1 is 1.05 bits per heavy atom. The van der Waals surface area contributed by atoms with Crippen molar-refractivity contribution < 1.29 is 0 Å². The van der Waals surface area contributed by atoms with E-state index in [4.69, 9.17) is 0 Å². The summed E-state index contributed by atoms with van der Waals surface area (Å²) in [6.45, 7) is 5.19. The number of rotatable bonds is 4. The highest BCUT2D eigenvalue weighted by Crippen LogP contribution is 2.31. The Morgan fingerprint density at radius 3 is 2.37 bits per heavy atom. The molecule has 0 amide bonds. The van der Waals surface area contributed by atoms with E-state index in [1.807, 2.05) is 0 Å². The zero-order valence-corrected chi connectivity index (χ0v) is 14.3. The number of benzene rings is 2. The molecule has 0 heterocycles. The SMILES string of the molecule is CCNC(c1ccc(Br)cc1)c1cccc(C)c1Br. The Labute approximate surface area is 131 Å². The Balaban J connectivity index is 2.45. The average Bonchev–Trinajstić information content (AvgIpc) is 2.41. The Hall–Kier alpha value is -0.640. The van der Waals surface area contributed by atoms with E-state index in [-0.39, 0.29) is 6.04 Å². The van der Waals surface area contributed by atoms with Crippen LogP contribution in [0.4, 0.5) is 0 Å². The minimum Gasteiger partial charge on any atom is -0.306 e. The maximum atomic E-state index is 3.71. The van der Waals surface area contributed by atoms with Crippen LogP contribution in [0.1, 0.15) is 29.7 Å². The van der Waals surface area contributed by atoms with Crippen molar-refractivity contribution in [3.63, 3.8) is 0 Å². The zero-order chi connectivity index (χ0) is 13.8. The lowest BCUT2D eigenvalue weighted by Crippen LogP contribution is -2.22. The molecule has 0 spiro atoms. The van der Waals surface area contributed by atoms with Crippen molar-refractivity contribution in [2.45, 2.75) is 19.9 Å². The molecular weight excluding hydrogens is 366 g/mol. The summed E-state index contributed by atoms with van der Waals surface area (Å²) >= 11 is 7.20. The lowest BCUT2D eigenvalue weighted by molar-refractivity contribution is 0.628. The van der Waals surface area contributed by atoms with E-state index in [0.29, 0.717) is 0 Å². The van der Waals surface area contributed by atoms with Gasteiger partial charge < -0.3 is 5.32 Å². The molecule has 0 aliphatic heterocycles. The number of nitrogens with one attached hydrogen (secondary N) is 1.